The molecule has 75 heavy (non-hydrogen) atoms. The van der Waals surface area contributed by atoms with Gasteiger partial charge in [-0.05, 0) is 195 Å². The summed E-state index contributed by atoms with van der Waals surface area (Å²) in [5, 5.41) is 5.05. The van der Waals surface area contributed by atoms with Gasteiger partial charge in [0.25, 0.3) is 0 Å². The topological polar surface area (TPSA) is 0 Å². The molecule has 14 rings (SSSR count). The molecule has 0 amide bonds. The predicted octanol–water partition coefficient (Wildman–Crippen LogP) is 20.6. The van der Waals surface area contributed by atoms with E-state index in [2.05, 4.69) is 256 Å². The van der Waals surface area contributed by atoms with Gasteiger partial charge in [0.1, 0.15) is 0 Å². The van der Waals surface area contributed by atoms with Crippen LogP contribution in [0, 0.1) is 0 Å². The first-order valence-corrected chi connectivity index (χ1v) is 27.5. The second kappa shape index (κ2) is 18.6. The third-order valence-corrected chi connectivity index (χ3v) is 17.7. The van der Waals surface area contributed by atoms with Crippen LogP contribution < -0.4 is 0 Å². The molecule has 11 aromatic rings. The number of hydrogen-bond acceptors (Lipinski definition) is 0. The van der Waals surface area contributed by atoms with Crippen molar-refractivity contribution >= 4 is 33.2 Å². The van der Waals surface area contributed by atoms with Gasteiger partial charge >= 0.3 is 0 Å². The Balaban J connectivity index is 0.963. The van der Waals surface area contributed by atoms with Gasteiger partial charge in [0, 0.05) is 5.41 Å². The van der Waals surface area contributed by atoms with Crippen molar-refractivity contribution in [1.29, 1.82) is 0 Å². The van der Waals surface area contributed by atoms with Crippen molar-refractivity contribution in [3.8, 4) is 66.8 Å². The third-order valence-electron chi connectivity index (χ3n) is 17.7. The summed E-state index contributed by atoms with van der Waals surface area (Å²) in [4.78, 5) is 0. The monoisotopic (exact) mass is 960 g/mol. The first-order chi connectivity index (χ1) is 37.0. The number of benzene rings is 11. The minimum absolute atomic E-state index is 0.0874. The Morgan fingerprint density at radius 2 is 0.760 bits per heavy atom. The van der Waals surface area contributed by atoms with E-state index in [0.717, 1.165) is 0 Å². The SMILES string of the molecule is CC1(c2cc(-c3cc(-c4ccc5c(c4)C4(CCCC4)c4ccccc4-5)cc(-c4c5ccccc5c(-c5ccc(C=C(c6ccccc6)c6ccccc6)cc5)c5ccccc45)c3)ccc2-c2ccccc2)CCCC1. The predicted molar refractivity (Wildman–Crippen MR) is 319 cm³/mol. The molecule has 0 heteroatoms. The van der Waals surface area contributed by atoms with Crippen LogP contribution >= 0.6 is 0 Å². The van der Waals surface area contributed by atoms with E-state index < -0.39 is 0 Å². The zero-order valence-corrected chi connectivity index (χ0v) is 42.8. The maximum atomic E-state index is 2.59. The van der Waals surface area contributed by atoms with Crippen molar-refractivity contribution in [2.45, 2.75) is 69.1 Å². The first-order valence-electron chi connectivity index (χ1n) is 27.5. The molecule has 2 saturated carbocycles. The molecule has 0 N–H and O–H groups in total. The molecule has 0 aliphatic heterocycles. The minimum atomic E-state index is 0.0874. The second-order valence-electron chi connectivity index (χ2n) is 22.0. The molecule has 0 unspecified atom stereocenters. The molecule has 0 nitrogen and oxygen atoms in total. The summed E-state index contributed by atoms with van der Waals surface area (Å²) in [5.74, 6) is 0. The molecular formula is C75H60. The highest BCUT2D eigenvalue weighted by Crippen LogP contribution is 2.58. The van der Waals surface area contributed by atoms with Gasteiger partial charge in [-0.3, -0.25) is 0 Å². The van der Waals surface area contributed by atoms with Gasteiger partial charge in [0.15, 0.2) is 0 Å². The fraction of sp³-hybridized carbons (Fsp3) is 0.147. The van der Waals surface area contributed by atoms with Crippen LogP contribution in [0.1, 0.15) is 91.7 Å². The molecule has 11 aromatic carbocycles. The Kier molecular flexibility index (Phi) is 11.2. The summed E-state index contributed by atoms with van der Waals surface area (Å²) >= 11 is 0. The van der Waals surface area contributed by atoms with Gasteiger partial charge in [-0.25, -0.2) is 0 Å². The molecule has 0 heterocycles. The van der Waals surface area contributed by atoms with Gasteiger partial charge in [0.05, 0.1) is 0 Å². The lowest BCUT2D eigenvalue weighted by molar-refractivity contribution is 0.493. The lowest BCUT2D eigenvalue weighted by atomic mass is 9.75. The van der Waals surface area contributed by atoms with Crippen LogP contribution in [0.3, 0.4) is 0 Å². The van der Waals surface area contributed by atoms with Gasteiger partial charge < -0.3 is 0 Å². The zero-order chi connectivity index (χ0) is 49.9. The normalized spacial score (nSPS) is 15.1. The van der Waals surface area contributed by atoms with Crippen molar-refractivity contribution < 1.29 is 0 Å². The number of hydrogen-bond donors (Lipinski definition) is 0. The van der Waals surface area contributed by atoms with Crippen LogP contribution in [0.2, 0.25) is 0 Å². The number of rotatable bonds is 9. The van der Waals surface area contributed by atoms with Crippen molar-refractivity contribution in [1.82, 2.24) is 0 Å². The summed E-state index contributed by atoms with van der Waals surface area (Å²) < 4.78 is 0. The van der Waals surface area contributed by atoms with Gasteiger partial charge in [-0.15, -0.1) is 0 Å². The van der Waals surface area contributed by atoms with E-state index in [1.165, 1.54) is 179 Å². The summed E-state index contributed by atoms with van der Waals surface area (Å²) in [7, 11) is 0. The molecule has 3 aliphatic carbocycles. The largest absolute Gasteiger partial charge is 0.0622 e. The van der Waals surface area contributed by atoms with Gasteiger partial charge in [-0.1, -0.05) is 245 Å². The molecule has 2 fully saturated rings. The molecule has 1 spiro atoms. The Labute approximate surface area is 442 Å². The standard InChI is InChI=1S/C75H60/c1-74(41-17-18-42-74)70-49-56(37-39-61(70)52-21-5-2-6-22-52)58-46-59(57-38-40-63-62-27-15-16-32-69(62)75(71(63)50-57)43-19-20-44-75)48-60(47-58)73-66-30-13-11-28-64(66)72(65-29-12-14-31-67(65)73)55-35-33-51(34-36-55)45-68(53-23-7-3-8-24-53)54-25-9-4-10-26-54/h2-16,21-40,45-50H,17-20,41-44H2,1H3. The summed E-state index contributed by atoms with van der Waals surface area (Å²) in [5.41, 5.74) is 25.2. The molecule has 0 bridgehead atoms. The van der Waals surface area contributed by atoms with E-state index in [-0.39, 0.29) is 10.8 Å². The van der Waals surface area contributed by atoms with Crippen molar-refractivity contribution in [3.05, 3.63) is 276 Å². The molecule has 3 aliphatic rings. The molecule has 0 radical (unpaired) electrons. The molecular weight excluding hydrogens is 901 g/mol. The van der Waals surface area contributed by atoms with Crippen LogP contribution in [0.5, 0.6) is 0 Å². The van der Waals surface area contributed by atoms with Gasteiger partial charge in [0.2, 0.25) is 0 Å². The smallest absolute Gasteiger partial charge is 0.0215 e. The lowest BCUT2D eigenvalue weighted by Crippen LogP contribution is -2.20. The van der Waals surface area contributed by atoms with Crippen LogP contribution in [-0.2, 0) is 10.8 Å². The highest BCUT2D eigenvalue weighted by molar-refractivity contribution is 6.21. The van der Waals surface area contributed by atoms with Gasteiger partial charge in [-0.2, -0.15) is 0 Å². The van der Waals surface area contributed by atoms with E-state index in [1.807, 2.05) is 0 Å². The molecule has 0 saturated heterocycles. The first kappa shape index (κ1) is 45.3. The van der Waals surface area contributed by atoms with Crippen LogP contribution in [0.4, 0.5) is 0 Å². The fourth-order valence-corrected chi connectivity index (χ4v) is 14.0. The molecule has 360 valence electrons. The maximum Gasteiger partial charge on any atom is 0.0215 e. The molecule has 0 aromatic heterocycles. The summed E-state index contributed by atoms with van der Waals surface area (Å²) in [6, 6.07) is 91.8. The van der Waals surface area contributed by atoms with E-state index in [0.29, 0.717) is 0 Å². The van der Waals surface area contributed by atoms with E-state index >= 15 is 0 Å². The van der Waals surface area contributed by atoms with Crippen LogP contribution in [0.15, 0.2) is 243 Å². The average Bonchev–Trinajstić information content (AvgIpc) is 4.24. The Morgan fingerprint density at radius 3 is 1.35 bits per heavy atom. The van der Waals surface area contributed by atoms with E-state index in [9.17, 15) is 0 Å². The van der Waals surface area contributed by atoms with Crippen molar-refractivity contribution in [2.24, 2.45) is 0 Å². The zero-order valence-electron chi connectivity index (χ0n) is 42.8. The highest BCUT2D eigenvalue weighted by atomic mass is 14.5. The average molecular weight is 961 g/mol. The van der Waals surface area contributed by atoms with Crippen molar-refractivity contribution in [2.75, 3.05) is 0 Å². The van der Waals surface area contributed by atoms with E-state index in [4.69, 9.17) is 0 Å². The Morgan fingerprint density at radius 1 is 0.320 bits per heavy atom. The van der Waals surface area contributed by atoms with E-state index in [1.54, 1.807) is 0 Å². The number of fused-ring (bicyclic) bond motifs is 7. The summed E-state index contributed by atoms with van der Waals surface area (Å²) in [6.07, 6.45) is 12.3. The minimum Gasteiger partial charge on any atom is -0.0622 e. The highest BCUT2D eigenvalue weighted by Gasteiger charge is 2.45. The van der Waals surface area contributed by atoms with Crippen LogP contribution in [0.25, 0.3) is 100.0 Å². The lowest BCUT2D eigenvalue weighted by Gasteiger charge is -2.28. The Hall–Kier alpha value is -8.32. The molecule has 0 atom stereocenters. The fourth-order valence-electron chi connectivity index (χ4n) is 14.0. The summed E-state index contributed by atoms with van der Waals surface area (Å²) in [6.45, 7) is 2.52. The van der Waals surface area contributed by atoms with Crippen LogP contribution in [-0.4, -0.2) is 0 Å². The Bertz CT molecular complexity index is 3880. The third kappa shape index (κ3) is 7.81. The van der Waals surface area contributed by atoms with Crippen molar-refractivity contribution in [3.63, 3.8) is 0 Å². The second-order valence-corrected chi connectivity index (χ2v) is 22.0. The quantitative estimate of drug-likeness (QED) is 0.0999. The maximum absolute atomic E-state index is 2.59.